The van der Waals surface area contributed by atoms with Gasteiger partial charge in [-0.05, 0) is 19.1 Å². The van der Waals surface area contributed by atoms with Crippen molar-refractivity contribution >= 4 is 24.2 Å². The van der Waals surface area contributed by atoms with Crippen LogP contribution in [-0.2, 0) is 11.3 Å². The van der Waals surface area contributed by atoms with Gasteiger partial charge in [-0.2, -0.15) is 16.7 Å². The van der Waals surface area contributed by atoms with E-state index in [9.17, 15) is 0 Å². The van der Waals surface area contributed by atoms with Crippen molar-refractivity contribution in [2.45, 2.75) is 37.0 Å². The van der Waals surface area contributed by atoms with Gasteiger partial charge in [0.05, 0.1) is 11.3 Å². The highest BCUT2D eigenvalue weighted by atomic mass is 35.5. The zero-order valence-electron chi connectivity index (χ0n) is 8.73. The fraction of sp³-hybridized carbons (Fsp3) is 0.778. The molecular formula is C9H16ClN3OS. The van der Waals surface area contributed by atoms with Crippen molar-refractivity contribution < 1.29 is 4.52 Å². The van der Waals surface area contributed by atoms with Crippen LogP contribution in [0.15, 0.2) is 4.52 Å². The summed E-state index contributed by atoms with van der Waals surface area (Å²) >= 11 is 1.67. The lowest BCUT2D eigenvalue weighted by Gasteiger charge is -2.17. The molecule has 15 heavy (non-hydrogen) atoms. The van der Waals surface area contributed by atoms with Crippen LogP contribution in [0.3, 0.4) is 0 Å². The van der Waals surface area contributed by atoms with Crippen LogP contribution in [0, 0.1) is 0 Å². The minimum absolute atomic E-state index is 0. The molecule has 1 aliphatic rings. The molecule has 0 radical (unpaired) electrons. The molecule has 2 N–H and O–H groups in total. The summed E-state index contributed by atoms with van der Waals surface area (Å²) in [6.07, 6.45) is 6.31. The van der Waals surface area contributed by atoms with Gasteiger partial charge in [-0.3, -0.25) is 0 Å². The van der Waals surface area contributed by atoms with Crippen molar-refractivity contribution in [2.24, 2.45) is 5.73 Å². The SMILES string of the molecule is CSCc1nc(C2(N)CCCC2)no1.Cl. The Bertz CT molecular complexity index is 312. The highest BCUT2D eigenvalue weighted by Gasteiger charge is 2.35. The lowest BCUT2D eigenvalue weighted by atomic mass is 9.99. The fourth-order valence-electron chi connectivity index (χ4n) is 1.87. The standard InChI is InChI=1S/C9H15N3OS.ClH/c1-14-6-7-11-8(12-13-7)9(10)4-2-3-5-9;/h2-6,10H2,1H3;1H. The molecule has 1 fully saturated rings. The van der Waals surface area contributed by atoms with Crippen LogP contribution in [0.5, 0.6) is 0 Å². The van der Waals surface area contributed by atoms with Crippen LogP contribution < -0.4 is 5.73 Å². The maximum Gasteiger partial charge on any atom is 0.236 e. The number of nitrogens with zero attached hydrogens (tertiary/aromatic N) is 2. The highest BCUT2D eigenvalue weighted by molar-refractivity contribution is 7.97. The van der Waals surface area contributed by atoms with Gasteiger partial charge < -0.3 is 10.3 Å². The molecule has 0 saturated heterocycles. The molecule has 1 aromatic rings. The second-order valence-electron chi connectivity index (χ2n) is 3.81. The molecule has 0 unspecified atom stereocenters. The second-order valence-corrected chi connectivity index (χ2v) is 4.67. The van der Waals surface area contributed by atoms with Gasteiger partial charge in [0.25, 0.3) is 0 Å². The number of rotatable bonds is 3. The first-order valence-corrected chi connectivity index (χ1v) is 6.25. The van der Waals surface area contributed by atoms with E-state index in [-0.39, 0.29) is 17.9 Å². The summed E-state index contributed by atoms with van der Waals surface area (Å²) in [4.78, 5) is 4.33. The van der Waals surface area contributed by atoms with Gasteiger partial charge in [-0.15, -0.1) is 12.4 Å². The van der Waals surface area contributed by atoms with Crippen molar-refractivity contribution in [3.63, 3.8) is 0 Å². The fourth-order valence-corrected chi connectivity index (χ4v) is 2.23. The second kappa shape index (κ2) is 5.18. The molecule has 86 valence electrons. The minimum atomic E-state index is -0.319. The third kappa shape index (κ3) is 2.65. The Morgan fingerprint density at radius 3 is 2.73 bits per heavy atom. The molecule has 0 aliphatic heterocycles. The smallest absolute Gasteiger partial charge is 0.236 e. The summed E-state index contributed by atoms with van der Waals surface area (Å²) < 4.78 is 5.12. The third-order valence-electron chi connectivity index (χ3n) is 2.68. The van der Waals surface area contributed by atoms with Crippen LogP contribution in [0.25, 0.3) is 0 Å². The first kappa shape index (κ1) is 12.8. The average molecular weight is 250 g/mol. The van der Waals surface area contributed by atoms with Gasteiger partial charge in [0, 0.05) is 0 Å². The first-order chi connectivity index (χ1) is 6.74. The number of nitrogens with two attached hydrogens (primary N) is 1. The van der Waals surface area contributed by atoms with E-state index < -0.39 is 0 Å². The largest absolute Gasteiger partial charge is 0.338 e. The maximum atomic E-state index is 6.20. The van der Waals surface area contributed by atoms with Crippen molar-refractivity contribution in [3.05, 3.63) is 11.7 Å². The number of hydrogen-bond acceptors (Lipinski definition) is 5. The molecular weight excluding hydrogens is 234 g/mol. The lowest BCUT2D eigenvalue weighted by molar-refractivity contribution is 0.355. The average Bonchev–Trinajstić information content (AvgIpc) is 2.75. The maximum absolute atomic E-state index is 6.20. The molecule has 1 heterocycles. The zero-order chi connectivity index (χ0) is 10.0. The Morgan fingerprint density at radius 2 is 2.13 bits per heavy atom. The predicted molar refractivity (Wildman–Crippen MR) is 63.1 cm³/mol. The number of halogens is 1. The molecule has 0 spiro atoms. The molecule has 1 aromatic heterocycles. The van der Waals surface area contributed by atoms with Gasteiger partial charge in [0.1, 0.15) is 0 Å². The summed E-state index contributed by atoms with van der Waals surface area (Å²) in [5.41, 5.74) is 5.88. The Balaban J connectivity index is 0.00000112. The summed E-state index contributed by atoms with van der Waals surface area (Å²) in [6, 6.07) is 0. The van der Waals surface area contributed by atoms with E-state index in [1.165, 1.54) is 12.8 Å². The normalized spacial score (nSPS) is 18.8. The topological polar surface area (TPSA) is 64.9 Å². The van der Waals surface area contributed by atoms with Crippen LogP contribution in [0.1, 0.15) is 37.4 Å². The monoisotopic (exact) mass is 249 g/mol. The van der Waals surface area contributed by atoms with Crippen LogP contribution in [-0.4, -0.2) is 16.4 Å². The molecule has 4 nitrogen and oxygen atoms in total. The van der Waals surface area contributed by atoms with Crippen molar-refractivity contribution in [3.8, 4) is 0 Å². The van der Waals surface area contributed by atoms with Crippen molar-refractivity contribution in [1.29, 1.82) is 0 Å². The van der Waals surface area contributed by atoms with E-state index in [0.717, 1.165) is 18.6 Å². The highest BCUT2D eigenvalue weighted by Crippen LogP contribution is 2.34. The van der Waals surface area contributed by atoms with E-state index in [1.807, 2.05) is 6.26 Å². The number of hydrogen-bond donors (Lipinski definition) is 1. The molecule has 0 bridgehead atoms. The zero-order valence-corrected chi connectivity index (χ0v) is 10.4. The third-order valence-corrected chi connectivity index (χ3v) is 3.21. The van der Waals surface area contributed by atoms with Crippen LogP contribution in [0.2, 0.25) is 0 Å². The minimum Gasteiger partial charge on any atom is -0.338 e. The van der Waals surface area contributed by atoms with Gasteiger partial charge in [-0.1, -0.05) is 18.0 Å². The Morgan fingerprint density at radius 1 is 1.47 bits per heavy atom. The Labute approximate surface area is 99.8 Å². The Kier molecular flexibility index (Phi) is 4.43. The number of aromatic nitrogens is 2. The molecule has 0 amide bonds. The molecule has 6 heteroatoms. The quantitative estimate of drug-likeness (QED) is 0.889. The first-order valence-electron chi connectivity index (χ1n) is 4.85. The Hall–Kier alpha value is -0.260. The van der Waals surface area contributed by atoms with Gasteiger partial charge >= 0.3 is 0 Å². The van der Waals surface area contributed by atoms with E-state index >= 15 is 0 Å². The summed E-state index contributed by atoms with van der Waals surface area (Å²) in [5, 5.41) is 3.96. The van der Waals surface area contributed by atoms with Crippen LogP contribution >= 0.6 is 24.2 Å². The van der Waals surface area contributed by atoms with E-state index in [0.29, 0.717) is 11.7 Å². The molecule has 2 rings (SSSR count). The molecule has 0 atom stereocenters. The molecule has 1 saturated carbocycles. The van der Waals surface area contributed by atoms with Crippen molar-refractivity contribution in [1.82, 2.24) is 10.1 Å². The number of thioether (sulfide) groups is 1. The molecule has 0 aromatic carbocycles. The van der Waals surface area contributed by atoms with Crippen LogP contribution in [0.4, 0.5) is 0 Å². The summed E-state index contributed by atoms with van der Waals surface area (Å²) in [5.74, 6) is 2.14. The van der Waals surface area contributed by atoms with E-state index in [4.69, 9.17) is 10.3 Å². The van der Waals surface area contributed by atoms with Crippen molar-refractivity contribution in [2.75, 3.05) is 6.26 Å². The van der Waals surface area contributed by atoms with E-state index in [2.05, 4.69) is 10.1 Å². The summed E-state index contributed by atoms with van der Waals surface area (Å²) in [7, 11) is 0. The van der Waals surface area contributed by atoms with E-state index in [1.54, 1.807) is 11.8 Å². The molecule has 1 aliphatic carbocycles. The van der Waals surface area contributed by atoms with Gasteiger partial charge in [-0.25, -0.2) is 0 Å². The summed E-state index contributed by atoms with van der Waals surface area (Å²) in [6.45, 7) is 0. The van der Waals surface area contributed by atoms with Gasteiger partial charge in [0.15, 0.2) is 5.82 Å². The lowest BCUT2D eigenvalue weighted by Crippen LogP contribution is -2.34. The van der Waals surface area contributed by atoms with Gasteiger partial charge in [0.2, 0.25) is 5.89 Å². The predicted octanol–water partition coefficient (Wildman–Crippen LogP) is 2.08.